The van der Waals surface area contributed by atoms with Gasteiger partial charge in [-0.25, -0.2) is 0 Å². The van der Waals surface area contributed by atoms with Gasteiger partial charge in [0.05, 0.1) is 25.2 Å². The second kappa shape index (κ2) is 10.5. The molecule has 0 bridgehead atoms. The van der Waals surface area contributed by atoms with E-state index in [2.05, 4.69) is 5.32 Å². The number of fused-ring (bicyclic) bond motifs is 6. The number of ether oxygens (including phenoxy) is 2. The minimum Gasteiger partial charge on any atom is -0.497 e. The van der Waals surface area contributed by atoms with Gasteiger partial charge in [0.25, 0.3) is 0 Å². The van der Waals surface area contributed by atoms with Crippen molar-refractivity contribution in [2.75, 3.05) is 12.4 Å². The van der Waals surface area contributed by atoms with Crippen molar-refractivity contribution in [2.45, 2.75) is 37.5 Å². The summed E-state index contributed by atoms with van der Waals surface area (Å²) in [6.45, 7) is 3.88. The van der Waals surface area contributed by atoms with Crippen LogP contribution in [0, 0.1) is 5.92 Å². The number of benzene rings is 4. The summed E-state index contributed by atoms with van der Waals surface area (Å²) in [5.74, 6) is -0.725. The van der Waals surface area contributed by atoms with Crippen LogP contribution < -0.4 is 14.8 Å². The van der Waals surface area contributed by atoms with Crippen LogP contribution in [0.25, 0.3) is 6.08 Å². The summed E-state index contributed by atoms with van der Waals surface area (Å²) < 4.78 is 11.3. The molecular formula is C37H32N2O5. The van der Waals surface area contributed by atoms with Crippen LogP contribution in [0.15, 0.2) is 103 Å². The number of ketones is 2. The van der Waals surface area contributed by atoms with Gasteiger partial charge in [-0.3, -0.25) is 14.4 Å². The Morgan fingerprint density at radius 2 is 1.59 bits per heavy atom. The molecule has 1 fully saturated rings. The summed E-state index contributed by atoms with van der Waals surface area (Å²) in [6, 6.07) is 27.7. The first-order valence-electron chi connectivity index (χ1n) is 14.8. The third-order valence-electron chi connectivity index (χ3n) is 8.99. The highest BCUT2D eigenvalue weighted by Crippen LogP contribution is 2.62. The van der Waals surface area contributed by atoms with Gasteiger partial charge in [0.2, 0.25) is 5.91 Å². The quantitative estimate of drug-likeness (QED) is 0.251. The number of methoxy groups -OCH3 is 1. The number of Topliss-reactive ketones (excluding diaryl/α,β-unsaturated/α-hetero) is 2. The van der Waals surface area contributed by atoms with Gasteiger partial charge in [0.1, 0.15) is 23.0 Å². The number of anilines is 1. The lowest BCUT2D eigenvalue weighted by atomic mass is 9.62. The molecular weight excluding hydrogens is 552 g/mol. The van der Waals surface area contributed by atoms with Crippen LogP contribution in [0.1, 0.15) is 57.3 Å². The number of carbonyl (C=O) groups is 3. The number of hydrogen-bond donors (Lipinski definition) is 1. The van der Waals surface area contributed by atoms with E-state index in [1.165, 1.54) is 0 Å². The first-order valence-corrected chi connectivity index (χ1v) is 14.8. The average Bonchev–Trinajstić information content (AvgIpc) is 3.52. The predicted octanol–water partition coefficient (Wildman–Crippen LogP) is 6.46. The van der Waals surface area contributed by atoms with Crippen LogP contribution in [0.5, 0.6) is 11.5 Å². The maximum absolute atomic E-state index is 15.0. The van der Waals surface area contributed by atoms with Gasteiger partial charge in [0, 0.05) is 23.0 Å². The van der Waals surface area contributed by atoms with E-state index in [9.17, 15) is 14.4 Å². The molecule has 0 aromatic heterocycles. The summed E-state index contributed by atoms with van der Waals surface area (Å²) in [6.07, 6.45) is 3.81. The van der Waals surface area contributed by atoms with E-state index in [0.717, 1.165) is 11.1 Å². The molecule has 44 heavy (non-hydrogen) atoms. The highest BCUT2D eigenvalue weighted by atomic mass is 16.5. The van der Waals surface area contributed by atoms with E-state index < -0.39 is 23.4 Å². The molecule has 7 rings (SSSR count). The van der Waals surface area contributed by atoms with Crippen LogP contribution in [0.2, 0.25) is 0 Å². The van der Waals surface area contributed by atoms with Crippen LogP contribution in [-0.4, -0.2) is 41.6 Å². The molecule has 3 aliphatic rings. The second-order valence-corrected chi connectivity index (χ2v) is 11.7. The molecule has 4 atom stereocenters. The van der Waals surface area contributed by atoms with Crippen LogP contribution in [-0.2, 0) is 10.2 Å². The van der Waals surface area contributed by atoms with Crippen molar-refractivity contribution in [3.05, 3.63) is 131 Å². The average molecular weight is 585 g/mol. The van der Waals surface area contributed by atoms with Crippen LogP contribution in [0.4, 0.5) is 5.69 Å². The number of nitrogens with one attached hydrogen (secondary N) is 1. The number of para-hydroxylation sites is 1. The molecule has 0 unspecified atom stereocenters. The zero-order chi connectivity index (χ0) is 30.6. The van der Waals surface area contributed by atoms with E-state index in [1.807, 2.05) is 79.6 Å². The minimum atomic E-state index is -1.39. The van der Waals surface area contributed by atoms with Gasteiger partial charge in [-0.05, 0) is 79.1 Å². The van der Waals surface area contributed by atoms with Crippen molar-refractivity contribution >= 4 is 29.2 Å². The van der Waals surface area contributed by atoms with Crippen molar-refractivity contribution in [3.63, 3.8) is 0 Å². The highest BCUT2D eigenvalue weighted by Gasteiger charge is 2.70. The predicted molar refractivity (Wildman–Crippen MR) is 168 cm³/mol. The lowest BCUT2D eigenvalue weighted by Crippen LogP contribution is -2.49. The van der Waals surface area contributed by atoms with Crippen LogP contribution >= 0.6 is 0 Å². The molecule has 7 nitrogen and oxygen atoms in total. The molecule has 3 heterocycles. The molecule has 4 aromatic rings. The van der Waals surface area contributed by atoms with Crippen molar-refractivity contribution in [1.29, 1.82) is 0 Å². The lowest BCUT2D eigenvalue weighted by Gasteiger charge is -2.38. The first kappa shape index (κ1) is 27.7. The zero-order valence-electron chi connectivity index (χ0n) is 24.7. The Morgan fingerprint density at radius 1 is 0.841 bits per heavy atom. The Morgan fingerprint density at radius 3 is 2.36 bits per heavy atom. The second-order valence-electron chi connectivity index (χ2n) is 11.7. The molecule has 0 saturated carbocycles. The Hall–Kier alpha value is -5.17. The van der Waals surface area contributed by atoms with Crippen molar-refractivity contribution in [3.8, 4) is 11.5 Å². The topological polar surface area (TPSA) is 84.9 Å². The number of rotatable bonds is 7. The monoisotopic (exact) mass is 584 g/mol. The Kier molecular flexibility index (Phi) is 6.61. The molecule has 3 aliphatic heterocycles. The molecule has 4 aromatic carbocycles. The standard InChI is InChI=1S/C37H32N2O5/c1-22(2)44-26-17-15-24(16-18-26)34(41)32-31(33(40)25-10-8-11-27(21-25)43-3)37(29-13-6-7-14-30(29)38-36(37)42)35-28-12-5-4-9-23(28)19-20-39(32)35/h4-22,31-32,35H,1-3H3,(H,38,42)/t31-,32+,35+,37+/m0/s1. The van der Waals surface area contributed by atoms with Crippen molar-refractivity contribution in [1.82, 2.24) is 4.90 Å². The van der Waals surface area contributed by atoms with Crippen molar-refractivity contribution in [2.24, 2.45) is 5.92 Å². The van der Waals surface area contributed by atoms with Gasteiger partial charge < -0.3 is 19.7 Å². The maximum atomic E-state index is 15.0. The van der Waals surface area contributed by atoms with Gasteiger partial charge >= 0.3 is 0 Å². The Labute approximate surface area is 256 Å². The smallest absolute Gasteiger partial charge is 0.238 e. The third-order valence-corrected chi connectivity index (χ3v) is 8.99. The molecule has 7 heteroatoms. The number of carbonyl (C=O) groups excluding carboxylic acids is 3. The Balaban J connectivity index is 1.48. The Bertz CT molecular complexity index is 1830. The number of nitrogens with zero attached hydrogens (tertiary/aromatic N) is 1. The van der Waals surface area contributed by atoms with E-state index in [-0.39, 0.29) is 23.6 Å². The van der Waals surface area contributed by atoms with Gasteiger partial charge in [-0.15, -0.1) is 0 Å². The van der Waals surface area contributed by atoms with Gasteiger partial charge in [-0.2, -0.15) is 0 Å². The van der Waals surface area contributed by atoms with E-state index >= 15 is 0 Å². The SMILES string of the molecule is COc1cccc(C(=O)[C@@H]2[C@H](C(=O)c3ccc(OC(C)C)cc3)N3C=Cc4ccccc4[C@@H]3[C@]23C(=O)Nc2ccccc23)c1. The van der Waals surface area contributed by atoms with Gasteiger partial charge in [0.15, 0.2) is 11.6 Å². The molecule has 220 valence electrons. The molecule has 1 amide bonds. The van der Waals surface area contributed by atoms with E-state index in [4.69, 9.17) is 9.47 Å². The largest absolute Gasteiger partial charge is 0.497 e. The van der Waals surface area contributed by atoms with Gasteiger partial charge in [-0.1, -0.05) is 54.6 Å². The molecule has 1 saturated heterocycles. The summed E-state index contributed by atoms with van der Waals surface area (Å²) >= 11 is 0. The summed E-state index contributed by atoms with van der Waals surface area (Å²) in [5.41, 5.74) is 2.62. The normalized spacial score (nSPS) is 22.8. The fourth-order valence-corrected chi connectivity index (χ4v) is 7.26. The molecule has 0 aliphatic carbocycles. The lowest BCUT2D eigenvalue weighted by molar-refractivity contribution is -0.122. The minimum absolute atomic E-state index is 0.0173. The molecule has 0 radical (unpaired) electrons. The van der Waals surface area contributed by atoms with E-state index in [0.29, 0.717) is 33.9 Å². The zero-order valence-corrected chi connectivity index (χ0v) is 24.7. The molecule has 1 spiro atoms. The highest BCUT2D eigenvalue weighted by molar-refractivity contribution is 6.16. The summed E-state index contributed by atoms with van der Waals surface area (Å²) in [7, 11) is 1.54. The summed E-state index contributed by atoms with van der Waals surface area (Å²) in [5, 5.41) is 3.08. The van der Waals surface area contributed by atoms with Crippen LogP contribution in [0.3, 0.4) is 0 Å². The number of amides is 1. The van der Waals surface area contributed by atoms with E-state index in [1.54, 1.807) is 55.6 Å². The fraction of sp³-hybridized carbons (Fsp3) is 0.216. The maximum Gasteiger partial charge on any atom is 0.238 e. The summed E-state index contributed by atoms with van der Waals surface area (Å²) in [4.78, 5) is 46.2. The molecule has 1 N–H and O–H groups in total. The van der Waals surface area contributed by atoms with Crippen molar-refractivity contribution < 1.29 is 23.9 Å². The third kappa shape index (κ3) is 4.07. The number of hydrogen-bond acceptors (Lipinski definition) is 6. The fourth-order valence-electron chi connectivity index (χ4n) is 7.26. The first-order chi connectivity index (χ1) is 21.3.